The van der Waals surface area contributed by atoms with Gasteiger partial charge in [-0.2, -0.15) is 0 Å². The summed E-state index contributed by atoms with van der Waals surface area (Å²) < 4.78 is 11.8. The van der Waals surface area contributed by atoms with E-state index in [-0.39, 0.29) is 12.0 Å². The van der Waals surface area contributed by atoms with Gasteiger partial charge >= 0.3 is 0 Å². The van der Waals surface area contributed by atoms with Gasteiger partial charge in [0.2, 0.25) is 0 Å². The second-order valence-corrected chi connectivity index (χ2v) is 8.55. The fourth-order valence-electron chi connectivity index (χ4n) is 3.30. The van der Waals surface area contributed by atoms with E-state index in [9.17, 15) is 4.79 Å². The molecule has 6 heteroatoms. The number of thioether (sulfide) groups is 1. The first-order valence-corrected chi connectivity index (χ1v) is 10.6. The molecular formula is C23H21NO3S2. The molecule has 1 saturated heterocycles. The van der Waals surface area contributed by atoms with E-state index in [0.29, 0.717) is 15.8 Å². The quantitative estimate of drug-likeness (QED) is 0.508. The summed E-state index contributed by atoms with van der Waals surface area (Å²) in [6.07, 6.45) is 4.60. The Bertz CT molecular complexity index is 1010. The van der Waals surface area contributed by atoms with Crippen molar-refractivity contribution in [1.82, 2.24) is 4.90 Å². The predicted molar refractivity (Wildman–Crippen MR) is 121 cm³/mol. The topological polar surface area (TPSA) is 38.8 Å². The van der Waals surface area contributed by atoms with Gasteiger partial charge in [0.1, 0.15) is 21.9 Å². The molecule has 0 saturated carbocycles. The van der Waals surface area contributed by atoms with Gasteiger partial charge in [-0.05, 0) is 54.8 Å². The first-order valence-electron chi connectivity index (χ1n) is 9.41. The molecule has 2 aromatic carbocycles. The Morgan fingerprint density at radius 1 is 1.21 bits per heavy atom. The number of fused-ring (bicyclic) bond motifs is 1. The van der Waals surface area contributed by atoms with Gasteiger partial charge in [-0.25, -0.2) is 0 Å². The molecule has 1 fully saturated rings. The van der Waals surface area contributed by atoms with Crippen LogP contribution in [0.25, 0.3) is 6.08 Å². The van der Waals surface area contributed by atoms with Gasteiger partial charge in [0.25, 0.3) is 5.91 Å². The maximum atomic E-state index is 12.9. The van der Waals surface area contributed by atoms with Crippen molar-refractivity contribution in [3.05, 3.63) is 76.2 Å². The lowest BCUT2D eigenvalue weighted by Crippen LogP contribution is -2.30. The zero-order chi connectivity index (χ0) is 20.4. The molecule has 4 nitrogen and oxygen atoms in total. The minimum Gasteiger partial charge on any atom is -0.497 e. The fraction of sp³-hybridized carbons (Fsp3) is 0.217. The molecule has 2 aromatic rings. The van der Waals surface area contributed by atoms with E-state index in [1.54, 1.807) is 12.0 Å². The van der Waals surface area contributed by atoms with Crippen LogP contribution in [-0.4, -0.2) is 34.9 Å². The number of thiocarbonyl (C=S) groups is 1. The summed E-state index contributed by atoms with van der Waals surface area (Å²) in [5.74, 6) is 1.64. The number of hydrogen-bond acceptors (Lipinski definition) is 5. The molecule has 4 rings (SSSR count). The lowest BCUT2D eigenvalue weighted by molar-refractivity contribution is -0.122. The molecule has 0 unspecified atom stereocenters. The number of ether oxygens (including phenoxy) is 2. The molecular weight excluding hydrogens is 402 g/mol. The molecule has 148 valence electrons. The van der Waals surface area contributed by atoms with Crippen LogP contribution in [0.3, 0.4) is 0 Å². The smallest absolute Gasteiger partial charge is 0.266 e. The van der Waals surface area contributed by atoms with Gasteiger partial charge in [0.15, 0.2) is 0 Å². The minimum atomic E-state index is -0.118. The fourth-order valence-corrected chi connectivity index (χ4v) is 4.61. The van der Waals surface area contributed by atoms with Crippen molar-refractivity contribution in [3.63, 3.8) is 0 Å². The number of benzene rings is 2. The number of amides is 1. The molecule has 0 N–H and O–H groups in total. The second-order valence-electron chi connectivity index (χ2n) is 6.87. The van der Waals surface area contributed by atoms with Crippen LogP contribution in [0, 0.1) is 0 Å². The Hall–Kier alpha value is -2.57. The molecule has 1 amide bonds. The van der Waals surface area contributed by atoms with Gasteiger partial charge in [-0.15, -0.1) is 0 Å². The van der Waals surface area contributed by atoms with Crippen molar-refractivity contribution < 1.29 is 14.3 Å². The Morgan fingerprint density at radius 3 is 2.72 bits per heavy atom. The first-order chi connectivity index (χ1) is 14.0. The van der Waals surface area contributed by atoms with Crippen LogP contribution in [-0.2, 0) is 11.2 Å². The van der Waals surface area contributed by atoms with E-state index in [2.05, 4.69) is 6.08 Å². The van der Waals surface area contributed by atoms with Crippen molar-refractivity contribution >= 4 is 40.3 Å². The van der Waals surface area contributed by atoms with Crippen LogP contribution in [0.1, 0.15) is 18.1 Å². The highest BCUT2D eigenvalue weighted by Crippen LogP contribution is 2.35. The summed E-state index contributed by atoms with van der Waals surface area (Å²) in [6.45, 7) is 2.55. The van der Waals surface area contributed by atoms with E-state index in [1.807, 2.05) is 61.5 Å². The number of carbonyl (C=O) groups is 1. The molecule has 2 aliphatic heterocycles. The third-order valence-corrected chi connectivity index (χ3v) is 6.35. The normalized spacial score (nSPS) is 19.8. The van der Waals surface area contributed by atoms with E-state index >= 15 is 0 Å². The first kappa shape index (κ1) is 19.7. The highest BCUT2D eigenvalue weighted by molar-refractivity contribution is 8.26. The molecule has 0 aromatic heterocycles. The van der Waals surface area contributed by atoms with Crippen LogP contribution in [0.2, 0.25) is 0 Å². The molecule has 1 atom stereocenters. The van der Waals surface area contributed by atoms with Crippen LogP contribution in [0.5, 0.6) is 11.5 Å². The lowest BCUT2D eigenvalue weighted by atomic mass is 10.0. The van der Waals surface area contributed by atoms with Gasteiger partial charge in [-0.1, -0.05) is 54.3 Å². The third-order valence-electron chi connectivity index (χ3n) is 4.97. The maximum absolute atomic E-state index is 12.9. The van der Waals surface area contributed by atoms with E-state index < -0.39 is 0 Å². The molecule has 0 spiro atoms. The molecule has 0 aliphatic carbocycles. The van der Waals surface area contributed by atoms with Gasteiger partial charge in [-0.3, -0.25) is 9.69 Å². The van der Waals surface area contributed by atoms with Crippen molar-refractivity contribution in [2.75, 3.05) is 13.7 Å². The van der Waals surface area contributed by atoms with Crippen molar-refractivity contribution in [2.24, 2.45) is 0 Å². The average molecular weight is 424 g/mol. The second kappa shape index (κ2) is 8.43. The van der Waals surface area contributed by atoms with Crippen LogP contribution < -0.4 is 9.47 Å². The average Bonchev–Trinajstić information content (AvgIpc) is 3.00. The molecule has 0 radical (unpaired) electrons. The number of carbonyl (C=O) groups excluding carboxylic acids is 1. The Kier molecular flexibility index (Phi) is 5.74. The number of rotatable bonds is 5. The number of nitrogens with zero attached hydrogens (tertiary/aromatic N) is 1. The molecule has 0 bridgehead atoms. The monoisotopic (exact) mass is 423 g/mol. The number of methoxy groups -OCH3 is 1. The highest BCUT2D eigenvalue weighted by atomic mass is 32.2. The molecule has 29 heavy (non-hydrogen) atoms. The Morgan fingerprint density at radius 2 is 1.97 bits per heavy atom. The standard InChI is InChI=1S/C23H21NO3S2/c1-15-18(13-17-5-3-4-6-20(17)27-15)14-21-22(25)24(23(28)29-21)12-11-16-7-9-19(26-2)10-8-16/h3-10,13-15H,11-12H2,1-2H3/b21-14-/t15-/m0/s1. The zero-order valence-corrected chi connectivity index (χ0v) is 17.9. The van der Waals surface area contributed by atoms with Crippen LogP contribution in [0.4, 0.5) is 0 Å². The summed E-state index contributed by atoms with van der Waals surface area (Å²) in [7, 11) is 1.65. The Labute approximate surface area is 180 Å². The summed E-state index contributed by atoms with van der Waals surface area (Å²) in [5, 5.41) is 0. The molecule has 2 aliphatic rings. The lowest BCUT2D eigenvalue weighted by Gasteiger charge is -2.23. The number of hydrogen-bond donors (Lipinski definition) is 0. The van der Waals surface area contributed by atoms with Crippen LogP contribution in [0.15, 0.2) is 65.1 Å². The van der Waals surface area contributed by atoms with Gasteiger partial charge in [0.05, 0.1) is 12.0 Å². The predicted octanol–water partition coefficient (Wildman–Crippen LogP) is 4.85. The van der Waals surface area contributed by atoms with E-state index in [0.717, 1.165) is 34.6 Å². The summed E-state index contributed by atoms with van der Waals surface area (Å²) in [4.78, 5) is 15.2. The minimum absolute atomic E-state index is 0.0412. The summed E-state index contributed by atoms with van der Waals surface area (Å²) in [5.41, 5.74) is 3.13. The van der Waals surface area contributed by atoms with Gasteiger partial charge in [0, 0.05) is 12.1 Å². The third kappa shape index (κ3) is 4.23. The SMILES string of the molecule is COc1ccc(CCN2C(=O)/C(=C/C3=Cc4ccccc4O[C@H]3C)SC2=S)cc1. The van der Waals surface area contributed by atoms with Crippen molar-refractivity contribution in [3.8, 4) is 11.5 Å². The van der Waals surface area contributed by atoms with E-state index in [4.69, 9.17) is 21.7 Å². The molecule has 2 heterocycles. The number of para-hydroxylation sites is 1. The van der Waals surface area contributed by atoms with Crippen LogP contribution >= 0.6 is 24.0 Å². The maximum Gasteiger partial charge on any atom is 0.266 e. The Balaban J connectivity index is 1.48. The van der Waals surface area contributed by atoms with E-state index in [1.165, 1.54) is 11.8 Å². The largest absolute Gasteiger partial charge is 0.497 e. The summed E-state index contributed by atoms with van der Waals surface area (Å²) >= 11 is 6.82. The van der Waals surface area contributed by atoms with Crippen molar-refractivity contribution in [1.29, 1.82) is 0 Å². The zero-order valence-electron chi connectivity index (χ0n) is 16.3. The highest BCUT2D eigenvalue weighted by Gasteiger charge is 2.32. The van der Waals surface area contributed by atoms with Crippen molar-refractivity contribution in [2.45, 2.75) is 19.4 Å². The van der Waals surface area contributed by atoms with Gasteiger partial charge < -0.3 is 9.47 Å². The summed E-state index contributed by atoms with van der Waals surface area (Å²) in [6, 6.07) is 15.8.